The van der Waals surface area contributed by atoms with Crippen molar-refractivity contribution in [2.45, 2.75) is 56.4 Å². The summed E-state index contributed by atoms with van der Waals surface area (Å²) in [6, 6.07) is 3.56. The Morgan fingerprint density at radius 2 is 2.08 bits per heavy atom. The molecule has 0 unspecified atom stereocenters. The zero-order chi connectivity index (χ0) is 17.8. The molecule has 0 radical (unpaired) electrons. The number of carbonyl (C=O) groups is 1. The van der Waals surface area contributed by atoms with Crippen LogP contribution in [0, 0.1) is 11.7 Å². The summed E-state index contributed by atoms with van der Waals surface area (Å²) in [5.41, 5.74) is -0.703. The largest absolute Gasteiger partial charge is 0.490 e. The summed E-state index contributed by atoms with van der Waals surface area (Å²) in [7, 11) is -3.80. The third-order valence-corrected chi connectivity index (χ3v) is 5.61. The van der Waals surface area contributed by atoms with Crippen molar-refractivity contribution in [1.82, 2.24) is 4.72 Å². The van der Waals surface area contributed by atoms with Gasteiger partial charge in [0.1, 0.15) is 6.29 Å². The van der Waals surface area contributed by atoms with Gasteiger partial charge in [-0.15, -0.1) is 0 Å². The molecule has 1 aromatic carbocycles. The van der Waals surface area contributed by atoms with Crippen molar-refractivity contribution in [3.8, 4) is 5.75 Å². The van der Waals surface area contributed by atoms with Gasteiger partial charge in [-0.05, 0) is 57.6 Å². The topological polar surface area (TPSA) is 72.5 Å². The second-order valence-corrected chi connectivity index (χ2v) is 8.58. The third kappa shape index (κ3) is 5.56. The Morgan fingerprint density at radius 3 is 2.71 bits per heavy atom. The lowest BCUT2D eigenvalue weighted by Gasteiger charge is -2.25. The summed E-state index contributed by atoms with van der Waals surface area (Å²) in [5.74, 6) is -0.164. The second kappa shape index (κ2) is 7.61. The molecule has 0 heterocycles. The minimum Gasteiger partial charge on any atom is -0.490 e. The second-order valence-electron chi connectivity index (χ2n) is 6.89. The van der Waals surface area contributed by atoms with Crippen LogP contribution in [0.2, 0.25) is 0 Å². The molecule has 0 amide bonds. The Bertz CT molecular complexity index is 684. The molecule has 1 aromatic rings. The van der Waals surface area contributed by atoms with E-state index in [1.165, 1.54) is 12.1 Å². The van der Waals surface area contributed by atoms with Crippen LogP contribution in [0.1, 0.15) is 46.0 Å². The molecule has 0 atom stereocenters. The van der Waals surface area contributed by atoms with Crippen LogP contribution in [-0.2, 0) is 14.8 Å². The fourth-order valence-electron chi connectivity index (χ4n) is 2.35. The van der Waals surface area contributed by atoms with E-state index < -0.39 is 21.4 Å². The molecule has 5 nitrogen and oxygen atoms in total. The number of benzene rings is 1. The number of unbranched alkanes of at least 4 members (excludes halogenated alkanes) is 1. The molecule has 1 fully saturated rings. The van der Waals surface area contributed by atoms with E-state index in [-0.39, 0.29) is 10.6 Å². The van der Waals surface area contributed by atoms with Gasteiger partial charge in [-0.1, -0.05) is 0 Å². The highest BCUT2D eigenvalue weighted by Crippen LogP contribution is 2.31. The average molecular weight is 357 g/mol. The molecule has 0 aliphatic heterocycles. The lowest BCUT2D eigenvalue weighted by molar-refractivity contribution is -0.107. The Hall–Kier alpha value is -1.47. The van der Waals surface area contributed by atoms with Crippen LogP contribution in [0.25, 0.3) is 0 Å². The van der Waals surface area contributed by atoms with Crippen molar-refractivity contribution in [3.63, 3.8) is 0 Å². The van der Waals surface area contributed by atoms with Crippen LogP contribution in [0.15, 0.2) is 23.1 Å². The van der Waals surface area contributed by atoms with Gasteiger partial charge in [0.15, 0.2) is 11.6 Å². The van der Waals surface area contributed by atoms with E-state index in [9.17, 15) is 17.6 Å². The Kier molecular flexibility index (Phi) is 5.98. The highest BCUT2D eigenvalue weighted by molar-refractivity contribution is 7.89. The zero-order valence-corrected chi connectivity index (χ0v) is 14.9. The van der Waals surface area contributed by atoms with E-state index in [1.807, 2.05) is 0 Å². The van der Waals surface area contributed by atoms with Crippen molar-refractivity contribution in [2.24, 2.45) is 5.92 Å². The lowest BCUT2D eigenvalue weighted by Crippen LogP contribution is -2.43. The van der Waals surface area contributed by atoms with Gasteiger partial charge < -0.3 is 9.53 Å². The monoisotopic (exact) mass is 357 g/mol. The fourth-order valence-corrected chi connectivity index (χ4v) is 3.81. The van der Waals surface area contributed by atoms with Gasteiger partial charge in [-0.2, -0.15) is 0 Å². The van der Waals surface area contributed by atoms with Crippen LogP contribution < -0.4 is 9.46 Å². The average Bonchev–Trinajstić information content (AvgIpc) is 3.29. The van der Waals surface area contributed by atoms with Gasteiger partial charge in [-0.25, -0.2) is 17.5 Å². The van der Waals surface area contributed by atoms with E-state index in [0.717, 1.165) is 25.2 Å². The van der Waals surface area contributed by atoms with Crippen LogP contribution in [0.4, 0.5) is 4.39 Å². The highest BCUT2D eigenvalue weighted by Gasteiger charge is 2.27. The van der Waals surface area contributed by atoms with Gasteiger partial charge in [0.05, 0.1) is 11.5 Å². The Balaban J connectivity index is 2.09. The number of halogens is 1. The summed E-state index contributed by atoms with van der Waals surface area (Å²) < 4.78 is 46.9. The van der Waals surface area contributed by atoms with E-state index in [0.29, 0.717) is 31.8 Å². The first kappa shape index (κ1) is 18.9. The molecule has 0 bridgehead atoms. The molecule has 24 heavy (non-hydrogen) atoms. The van der Waals surface area contributed by atoms with Crippen LogP contribution in [0.3, 0.4) is 0 Å². The van der Waals surface area contributed by atoms with E-state index in [4.69, 9.17) is 4.74 Å². The molecule has 1 saturated carbocycles. The highest BCUT2D eigenvalue weighted by atomic mass is 32.2. The van der Waals surface area contributed by atoms with Crippen molar-refractivity contribution >= 4 is 16.3 Å². The fraction of sp³-hybridized carbons (Fsp3) is 0.588. The molecule has 1 aliphatic rings. The first-order valence-corrected chi connectivity index (χ1v) is 9.62. The normalized spacial score (nSPS) is 15.3. The molecule has 134 valence electrons. The maximum absolute atomic E-state index is 13.8. The van der Waals surface area contributed by atoms with Gasteiger partial charge in [-0.3, -0.25) is 0 Å². The standard InChI is InChI=1S/C17H24FNO4S/c1-17(2,9-3-4-10-20)19-24(21,22)14-7-8-15(18)16(11-14)23-12-13-5-6-13/h7-8,10-11,13,19H,3-6,9,12H2,1-2H3. The zero-order valence-electron chi connectivity index (χ0n) is 14.0. The molecule has 7 heteroatoms. The smallest absolute Gasteiger partial charge is 0.241 e. The molecule has 1 aliphatic carbocycles. The molecule has 0 aromatic heterocycles. The number of hydrogen-bond donors (Lipinski definition) is 1. The SMILES string of the molecule is CC(C)(CCCC=O)NS(=O)(=O)c1ccc(F)c(OCC2CC2)c1. The number of carbonyl (C=O) groups excluding carboxylic acids is 1. The maximum Gasteiger partial charge on any atom is 0.241 e. The minimum absolute atomic E-state index is 0.0295. The van der Waals surface area contributed by atoms with Gasteiger partial charge in [0.25, 0.3) is 0 Å². The minimum atomic E-state index is -3.80. The number of ether oxygens (including phenoxy) is 1. The van der Waals surface area contributed by atoms with Crippen molar-refractivity contribution in [2.75, 3.05) is 6.61 Å². The molecular formula is C17H24FNO4S. The number of nitrogens with one attached hydrogen (secondary N) is 1. The molecule has 2 rings (SSSR count). The summed E-state index contributed by atoms with van der Waals surface area (Å²) in [4.78, 5) is 10.4. The maximum atomic E-state index is 13.8. The lowest BCUT2D eigenvalue weighted by atomic mass is 9.99. The van der Waals surface area contributed by atoms with Gasteiger partial charge >= 0.3 is 0 Å². The summed E-state index contributed by atoms with van der Waals surface area (Å²) in [6.45, 7) is 3.91. The van der Waals surface area contributed by atoms with Crippen LogP contribution in [-0.4, -0.2) is 26.8 Å². The number of sulfonamides is 1. The first-order chi connectivity index (χ1) is 11.2. The van der Waals surface area contributed by atoms with Crippen LogP contribution in [0.5, 0.6) is 5.75 Å². The van der Waals surface area contributed by atoms with Gasteiger partial charge in [0.2, 0.25) is 10.0 Å². The molecule has 1 N–H and O–H groups in total. The third-order valence-electron chi connectivity index (χ3n) is 3.92. The number of rotatable bonds is 10. The predicted octanol–water partition coefficient (Wildman–Crippen LogP) is 3.04. The number of aldehydes is 1. The molecular weight excluding hydrogens is 333 g/mol. The van der Waals surface area contributed by atoms with Gasteiger partial charge in [0, 0.05) is 18.0 Å². The Labute approximate surface area is 142 Å². The van der Waals surface area contributed by atoms with E-state index >= 15 is 0 Å². The van der Waals surface area contributed by atoms with Crippen molar-refractivity contribution in [3.05, 3.63) is 24.0 Å². The van der Waals surface area contributed by atoms with Crippen molar-refractivity contribution < 1.29 is 22.3 Å². The molecule has 0 spiro atoms. The quantitative estimate of drug-likeness (QED) is 0.516. The molecule has 0 saturated heterocycles. The Morgan fingerprint density at radius 1 is 1.38 bits per heavy atom. The number of hydrogen-bond acceptors (Lipinski definition) is 4. The van der Waals surface area contributed by atoms with E-state index in [2.05, 4.69) is 4.72 Å². The van der Waals surface area contributed by atoms with Crippen LogP contribution >= 0.6 is 0 Å². The summed E-state index contributed by atoms with van der Waals surface area (Å²) in [5, 5.41) is 0. The van der Waals surface area contributed by atoms with E-state index in [1.54, 1.807) is 13.8 Å². The first-order valence-electron chi connectivity index (χ1n) is 8.13. The summed E-state index contributed by atoms with van der Waals surface area (Å²) in [6.07, 6.45) is 4.45. The van der Waals surface area contributed by atoms with Crippen molar-refractivity contribution in [1.29, 1.82) is 0 Å². The summed E-state index contributed by atoms with van der Waals surface area (Å²) >= 11 is 0. The predicted molar refractivity (Wildman–Crippen MR) is 88.9 cm³/mol.